The van der Waals surface area contributed by atoms with E-state index in [2.05, 4.69) is 18.8 Å². The average Bonchev–Trinajstić information content (AvgIpc) is 2.51. The first-order valence-electron chi connectivity index (χ1n) is 7.26. The second-order valence-corrected chi connectivity index (χ2v) is 5.98. The second kappa shape index (κ2) is 5.98. The minimum atomic E-state index is -0.328. The highest BCUT2D eigenvalue weighted by Crippen LogP contribution is 2.39. The number of rotatable bonds is 2. The minimum absolute atomic E-state index is 0.282. The van der Waals surface area contributed by atoms with Gasteiger partial charge in [0.1, 0.15) is 5.82 Å². The van der Waals surface area contributed by atoms with Crippen LogP contribution in [0, 0.1) is 11.7 Å². The van der Waals surface area contributed by atoms with Crippen LogP contribution in [0.1, 0.15) is 24.5 Å². The highest BCUT2D eigenvalue weighted by molar-refractivity contribution is 6.32. The summed E-state index contributed by atoms with van der Waals surface area (Å²) in [4.78, 5) is 0. The van der Waals surface area contributed by atoms with Gasteiger partial charge >= 0.3 is 0 Å². The summed E-state index contributed by atoms with van der Waals surface area (Å²) in [6, 6.07) is 14.8. The molecule has 1 aliphatic heterocycles. The maximum atomic E-state index is 14.4. The van der Waals surface area contributed by atoms with Crippen LogP contribution < -0.4 is 5.32 Å². The number of allylic oxidation sites excluding steroid dienone is 2. The molecule has 2 aromatic carbocycles. The third kappa shape index (κ3) is 2.67. The van der Waals surface area contributed by atoms with Crippen molar-refractivity contribution in [2.45, 2.75) is 13.3 Å². The molecule has 22 heavy (non-hydrogen) atoms. The van der Waals surface area contributed by atoms with Crippen LogP contribution in [0.4, 0.5) is 4.39 Å². The lowest BCUT2D eigenvalue weighted by Gasteiger charge is -2.29. The predicted octanol–water partition coefficient (Wildman–Crippen LogP) is 5.49. The zero-order chi connectivity index (χ0) is 15.7. The summed E-state index contributed by atoms with van der Waals surface area (Å²) in [6.07, 6.45) is 0.801. The summed E-state index contributed by atoms with van der Waals surface area (Å²) in [6.45, 7) is 6.16. The fourth-order valence-corrected chi connectivity index (χ4v) is 3.00. The first-order chi connectivity index (χ1) is 10.6. The van der Waals surface area contributed by atoms with Crippen molar-refractivity contribution < 1.29 is 4.39 Å². The largest absolute Gasteiger partial charge is 0.358 e. The fourth-order valence-electron chi connectivity index (χ4n) is 2.74. The van der Waals surface area contributed by atoms with Crippen LogP contribution in [-0.2, 0) is 0 Å². The minimum Gasteiger partial charge on any atom is -0.358 e. The van der Waals surface area contributed by atoms with Gasteiger partial charge in [-0.25, -0.2) is 4.39 Å². The lowest BCUT2D eigenvalue weighted by atomic mass is 9.86. The highest BCUT2D eigenvalue weighted by atomic mass is 35.5. The van der Waals surface area contributed by atoms with Crippen molar-refractivity contribution in [3.05, 3.63) is 82.8 Å². The van der Waals surface area contributed by atoms with Gasteiger partial charge in [-0.15, -0.1) is 0 Å². The molecule has 3 rings (SSSR count). The molecular weight excluding hydrogens is 297 g/mol. The van der Waals surface area contributed by atoms with Gasteiger partial charge in [0.25, 0.3) is 0 Å². The van der Waals surface area contributed by atoms with Gasteiger partial charge in [-0.2, -0.15) is 0 Å². The molecule has 1 aliphatic rings. The molecule has 1 nitrogen and oxygen atoms in total. The molecule has 0 fully saturated rings. The maximum Gasteiger partial charge on any atom is 0.134 e. The molecule has 3 heteroatoms. The molecule has 1 atom stereocenters. The number of benzene rings is 2. The summed E-state index contributed by atoms with van der Waals surface area (Å²) >= 11 is 6.26. The Bertz CT molecular complexity index is 729. The van der Waals surface area contributed by atoms with Crippen LogP contribution in [0.3, 0.4) is 0 Å². The molecular formula is C19H17ClFN. The molecule has 0 aromatic heterocycles. The molecule has 1 N–H and O–H groups in total. The normalized spacial score (nSPS) is 18.3. The predicted molar refractivity (Wildman–Crippen MR) is 90.7 cm³/mol. The Hall–Kier alpha value is -2.06. The van der Waals surface area contributed by atoms with Gasteiger partial charge in [0, 0.05) is 5.70 Å². The van der Waals surface area contributed by atoms with Crippen LogP contribution >= 0.6 is 11.6 Å². The van der Waals surface area contributed by atoms with Crippen molar-refractivity contribution in [1.82, 2.24) is 5.32 Å². The monoisotopic (exact) mass is 313 g/mol. The van der Waals surface area contributed by atoms with E-state index in [-0.39, 0.29) is 11.7 Å². The summed E-state index contributed by atoms with van der Waals surface area (Å²) in [7, 11) is 0. The summed E-state index contributed by atoms with van der Waals surface area (Å²) in [5.74, 6) is -0.0460. The van der Waals surface area contributed by atoms with E-state index in [1.54, 1.807) is 12.1 Å². The van der Waals surface area contributed by atoms with E-state index in [1.807, 2.05) is 30.3 Å². The van der Waals surface area contributed by atoms with Gasteiger partial charge in [-0.3, -0.25) is 0 Å². The Morgan fingerprint density at radius 3 is 2.55 bits per heavy atom. The van der Waals surface area contributed by atoms with Crippen molar-refractivity contribution in [1.29, 1.82) is 0 Å². The zero-order valence-corrected chi connectivity index (χ0v) is 13.1. The van der Waals surface area contributed by atoms with E-state index in [1.165, 1.54) is 6.07 Å². The summed E-state index contributed by atoms with van der Waals surface area (Å²) < 4.78 is 14.4. The molecule has 0 saturated carbocycles. The zero-order valence-electron chi connectivity index (χ0n) is 12.4. The molecule has 112 valence electrons. The Balaban J connectivity index is 2.24. The molecule has 2 aromatic rings. The van der Waals surface area contributed by atoms with E-state index >= 15 is 0 Å². The Kier molecular flexibility index (Phi) is 4.04. The Labute approximate surface area is 135 Å². The maximum absolute atomic E-state index is 14.4. The molecule has 0 spiro atoms. The highest BCUT2D eigenvalue weighted by Gasteiger charge is 2.25. The lowest BCUT2D eigenvalue weighted by molar-refractivity contribution is 0.615. The van der Waals surface area contributed by atoms with E-state index in [0.717, 1.165) is 29.0 Å². The van der Waals surface area contributed by atoms with Gasteiger partial charge in [0.2, 0.25) is 0 Å². The molecule has 0 saturated heterocycles. The lowest BCUT2D eigenvalue weighted by Crippen LogP contribution is -2.24. The van der Waals surface area contributed by atoms with Gasteiger partial charge in [0.15, 0.2) is 0 Å². The van der Waals surface area contributed by atoms with E-state index in [4.69, 9.17) is 11.6 Å². The van der Waals surface area contributed by atoms with Gasteiger partial charge in [-0.1, -0.05) is 61.5 Å². The van der Waals surface area contributed by atoms with Crippen LogP contribution in [0.5, 0.6) is 0 Å². The van der Waals surface area contributed by atoms with Gasteiger partial charge in [-0.05, 0) is 35.6 Å². The third-order valence-electron chi connectivity index (χ3n) is 4.03. The van der Waals surface area contributed by atoms with Crippen LogP contribution in [0.25, 0.3) is 11.3 Å². The van der Waals surface area contributed by atoms with Crippen LogP contribution in [-0.4, -0.2) is 0 Å². The number of halogens is 2. The van der Waals surface area contributed by atoms with E-state index in [9.17, 15) is 4.39 Å². The first-order valence-corrected chi connectivity index (χ1v) is 7.64. The van der Waals surface area contributed by atoms with E-state index in [0.29, 0.717) is 10.6 Å². The number of nitrogens with one attached hydrogen (secondary N) is 1. The quantitative estimate of drug-likeness (QED) is 0.773. The standard InChI is InChI=1S/C19H17ClFN/c1-12-11-15(14-7-4-3-5-8-14)19(22-13(12)2)18-16(20)9-6-10-17(18)21/h3-10,12,22H,2,11H2,1H3. The Morgan fingerprint density at radius 1 is 1.14 bits per heavy atom. The van der Waals surface area contributed by atoms with Crippen LogP contribution in [0.2, 0.25) is 5.02 Å². The van der Waals surface area contributed by atoms with Gasteiger partial charge in [0.05, 0.1) is 16.3 Å². The average molecular weight is 314 g/mol. The molecule has 1 unspecified atom stereocenters. The fraction of sp³-hybridized carbons (Fsp3) is 0.158. The van der Waals surface area contributed by atoms with Crippen LogP contribution in [0.15, 0.2) is 60.8 Å². The number of hydrogen-bond acceptors (Lipinski definition) is 1. The SMILES string of the molecule is C=C1NC(c2c(F)cccc2Cl)=C(c2ccccc2)CC1C. The smallest absolute Gasteiger partial charge is 0.134 e. The van der Waals surface area contributed by atoms with Crippen molar-refractivity contribution in [2.24, 2.45) is 5.92 Å². The molecule has 0 bridgehead atoms. The molecule has 1 heterocycles. The number of hydrogen-bond donors (Lipinski definition) is 1. The van der Waals surface area contributed by atoms with Crippen molar-refractivity contribution >= 4 is 22.9 Å². The Morgan fingerprint density at radius 2 is 1.86 bits per heavy atom. The van der Waals surface area contributed by atoms with Crippen molar-refractivity contribution in [3.8, 4) is 0 Å². The van der Waals surface area contributed by atoms with Crippen molar-refractivity contribution in [2.75, 3.05) is 0 Å². The third-order valence-corrected chi connectivity index (χ3v) is 4.34. The molecule has 0 aliphatic carbocycles. The first kappa shape index (κ1) is 14.9. The van der Waals surface area contributed by atoms with Crippen molar-refractivity contribution in [3.63, 3.8) is 0 Å². The molecule has 0 amide bonds. The summed E-state index contributed by atoms with van der Waals surface area (Å²) in [5, 5.41) is 3.67. The van der Waals surface area contributed by atoms with Gasteiger partial charge < -0.3 is 5.32 Å². The molecule has 0 radical (unpaired) electrons. The topological polar surface area (TPSA) is 12.0 Å². The van der Waals surface area contributed by atoms with E-state index < -0.39 is 0 Å². The summed E-state index contributed by atoms with van der Waals surface area (Å²) in [5.41, 5.74) is 4.15. The second-order valence-electron chi connectivity index (χ2n) is 5.57.